The average Bonchev–Trinajstić information content (AvgIpc) is 2.92. The Bertz CT molecular complexity index is 1430. The van der Waals surface area contributed by atoms with Crippen molar-refractivity contribution in [1.82, 2.24) is 9.97 Å². The van der Waals surface area contributed by atoms with Crippen LogP contribution in [-0.4, -0.2) is 30.0 Å². The highest BCUT2D eigenvalue weighted by Crippen LogP contribution is 2.38. The van der Waals surface area contributed by atoms with Gasteiger partial charge in [-0.25, -0.2) is 17.8 Å². The number of benzene rings is 2. The average molecular weight is 532 g/mol. The van der Waals surface area contributed by atoms with Crippen molar-refractivity contribution in [1.29, 1.82) is 0 Å². The monoisotopic (exact) mass is 531 g/mol. The van der Waals surface area contributed by atoms with E-state index in [4.69, 9.17) is 11.6 Å². The van der Waals surface area contributed by atoms with Crippen LogP contribution in [0.1, 0.15) is 45.6 Å². The summed E-state index contributed by atoms with van der Waals surface area (Å²) in [5.41, 5.74) is 1.96. The van der Waals surface area contributed by atoms with Crippen LogP contribution in [0.2, 0.25) is 5.02 Å². The van der Waals surface area contributed by atoms with Crippen LogP contribution in [0.4, 0.5) is 33.2 Å². The number of fused-ring (bicyclic) bond motifs is 1. The first-order valence-corrected chi connectivity index (χ1v) is 13.6. The van der Waals surface area contributed by atoms with E-state index >= 15 is 0 Å². The molecule has 3 aromatic rings. The first-order valence-electron chi connectivity index (χ1n) is 11.5. The van der Waals surface area contributed by atoms with Crippen molar-refractivity contribution in [3.05, 3.63) is 59.0 Å². The van der Waals surface area contributed by atoms with Crippen LogP contribution in [0.3, 0.4) is 0 Å². The molecule has 8 nitrogen and oxygen atoms in total. The van der Waals surface area contributed by atoms with Crippen LogP contribution in [0, 0.1) is 5.82 Å². The summed E-state index contributed by atoms with van der Waals surface area (Å²) in [5, 5.41) is 8.83. The van der Waals surface area contributed by atoms with Gasteiger partial charge in [-0.05, 0) is 48.1 Å². The van der Waals surface area contributed by atoms with Gasteiger partial charge < -0.3 is 16.0 Å². The number of hydrogen-bond donors (Lipinski definition) is 3. The molecule has 4 rings (SSSR count). The van der Waals surface area contributed by atoms with E-state index in [-0.39, 0.29) is 44.4 Å². The van der Waals surface area contributed by atoms with Gasteiger partial charge in [-0.15, -0.1) is 0 Å². The Labute approximate surface area is 214 Å². The predicted octanol–water partition coefficient (Wildman–Crippen LogP) is 5.95. The quantitative estimate of drug-likeness (QED) is 0.345. The number of nitrogens with one attached hydrogen (secondary N) is 3. The molecule has 0 saturated carbocycles. The van der Waals surface area contributed by atoms with Gasteiger partial charge in [-0.2, -0.15) is 4.98 Å². The summed E-state index contributed by atoms with van der Waals surface area (Å²) < 4.78 is 40.1. The van der Waals surface area contributed by atoms with Gasteiger partial charge in [0.1, 0.15) is 10.8 Å². The molecule has 1 aliphatic rings. The Morgan fingerprint density at radius 2 is 1.97 bits per heavy atom. The van der Waals surface area contributed by atoms with Gasteiger partial charge >= 0.3 is 0 Å². The normalized spacial score (nSPS) is 15.0. The Kier molecular flexibility index (Phi) is 7.19. The third kappa shape index (κ3) is 5.44. The maximum Gasteiger partial charge on any atom is 0.229 e. The number of para-hydroxylation sites is 1. The second-order valence-electron chi connectivity index (χ2n) is 9.26. The Morgan fingerprint density at radius 1 is 1.19 bits per heavy atom. The highest BCUT2D eigenvalue weighted by molar-refractivity contribution is 7.91. The summed E-state index contributed by atoms with van der Waals surface area (Å²) in [6.45, 7) is 5.92. The minimum atomic E-state index is -3.72. The van der Waals surface area contributed by atoms with E-state index < -0.39 is 15.7 Å². The Morgan fingerprint density at radius 3 is 2.72 bits per heavy atom. The number of amides is 1. The smallest absolute Gasteiger partial charge is 0.229 e. The Hall–Kier alpha value is -3.24. The van der Waals surface area contributed by atoms with Crippen LogP contribution < -0.4 is 16.0 Å². The number of halogens is 2. The lowest BCUT2D eigenvalue weighted by Gasteiger charge is -2.24. The number of sulfone groups is 1. The van der Waals surface area contributed by atoms with E-state index in [0.29, 0.717) is 24.2 Å². The number of aromatic nitrogens is 2. The molecule has 190 valence electrons. The van der Waals surface area contributed by atoms with Gasteiger partial charge in [-0.3, -0.25) is 4.79 Å². The van der Waals surface area contributed by atoms with Crippen LogP contribution >= 0.6 is 11.6 Å². The van der Waals surface area contributed by atoms with Gasteiger partial charge in [0.15, 0.2) is 15.7 Å². The zero-order valence-electron chi connectivity index (χ0n) is 20.2. The van der Waals surface area contributed by atoms with E-state index in [1.54, 1.807) is 13.0 Å². The molecule has 11 heteroatoms. The summed E-state index contributed by atoms with van der Waals surface area (Å²) >= 11 is 6.25. The lowest BCUT2D eigenvalue weighted by Crippen LogP contribution is -2.16. The fraction of sp³-hybridized carbons (Fsp3) is 0.320. The fourth-order valence-electron chi connectivity index (χ4n) is 4.12. The van der Waals surface area contributed by atoms with E-state index in [1.807, 2.05) is 12.1 Å². The highest BCUT2D eigenvalue weighted by atomic mass is 35.5. The first kappa shape index (κ1) is 25.8. The molecule has 1 aromatic heterocycles. The largest absolute Gasteiger partial charge is 0.335 e. The SMILES string of the molecule is CCCS(=O)(=O)c1cccc(F)c1Nc1nc(Nc2ccc3c(c2)NC(=O)CCC3(C)C)ncc1Cl. The summed E-state index contributed by atoms with van der Waals surface area (Å²) in [5.74, 6) is -0.736. The zero-order chi connectivity index (χ0) is 26.1. The van der Waals surface area contributed by atoms with Crippen molar-refractivity contribution >= 4 is 56.2 Å². The number of rotatable bonds is 7. The van der Waals surface area contributed by atoms with Crippen molar-refractivity contribution < 1.29 is 17.6 Å². The van der Waals surface area contributed by atoms with E-state index in [1.165, 1.54) is 18.3 Å². The van der Waals surface area contributed by atoms with Gasteiger partial charge in [0.2, 0.25) is 11.9 Å². The zero-order valence-corrected chi connectivity index (χ0v) is 21.7. The molecule has 0 saturated heterocycles. The molecule has 0 unspecified atom stereocenters. The topological polar surface area (TPSA) is 113 Å². The molecular weight excluding hydrogens is 505 g/mol. The lowest BCUT2D eigenvalue weighted by atomic mass is 9.80. The second kappa shape index (κ2) is 10.0. The third-order valence-corrected chi connectivity index (χ3v) is 8.26. The Balaban J connectivity index is 1.65. The van der Waals surface area contributed by atoms with Crippen molar-refractivity contribution in [2.45, 2.75) is 50.3 Å². The van der Waals surface area contributed by atoms with Crippen LogP contribution in [0.5, 0.6) is 0 Å². The van der Waals surface area contributed by atoms with Crippen LogP contribution in [0.15, 0.2) is 47.5 Å². The molecule has 0 aliphatic carbocycles. The minimum Gasteiger partial charge on any atom is -0.335 e. The van der Waals surface area contributed by atoms with Crippen molar-refractivity contribution in [3.8, 4) is 0 Å². The number of carbonyl (C=O) groups excluding carboxylic acids is 1. The summed E-state index contributed by atoms with van der Waals surface area (Å²) in [4.78, 5) is 20.5. The number of carbonyl (C=O) groups is 1. The first-order chi connectivity index (χ1) is 17.0. The minimum absolute atomic E-state index is 0.0383. The molecule has 0 radical (unpaired) electrons. The van der Waals surface area contributed by atoms with E-state index in [0.717, 1.165) is 18.1 Å². The molecule has 36 heavy (non-hydrogen) atoms. The maximum atomic E-state index is 14.7. The second-order valence-corrected chi connectivity index (χ2v) is 11.7. The lowest BCUT2D eigenvalue weighted by molar-refractivity contribution is -0.116. The molecule has 3 N–H and O–H groups in total. The van der Waals surface area contributed by atoms with Crippen LogP contribution in [-0.2, 0) is 20.0 Å². The molecule has 2 aromatic carbocycles. The van der Waals surface area contributed by atoms with Gasteiger partial charge in [0, 0.05) is 17.8 Å². The van der Waals surface area contributed by atoms with Gasteiger partial charge in [-0.1, -0.05) is 44.5 Å². The fourth-order valence-corrected chi connectivity index (χ4v) is 5.76. The molecule has 1 amide bonds. The molecule has 0 fully saturated rings. The maximum absolute atomic E-state index is 14.7. The molecule has 1 aliphatic heterocycles. The van der Waals surface area contributed by atoms with E-state index in [2.05, 4.69) is 39.8 Å². The standard InChI is InChI=1S/C25H27ClFN5O3S/c1-4-12-36(34,35)20-7-5-6-18(27)22(20)31-23-17(26)14-28-24(32-23)29-15-8-9-16-19(13-15)30-21(33)10-11-25(16,2)3/h5-9,13-14H,4,10-12H2,1-3H3,(H,30,33)(H2,28,29,31,32). The molecule has 0 atom stereocenters. The number of hydrogen-bond acceptors (Lipinski definition) is 7. The van der Waals surface area contributed by atoms with Gasteiger partial charge in [0.25, 0.3) is 0 Å². The molecule has 0 bridgehead atoms. The van der Waals surface area contributed by atoms with Crippen molar-refractivity contribution in [2.24, 2.45) is 0 Å². The highest BCUT2D eigenvalue weighted by Gasteiger charge is 2.28. The summed E-state index contributed by atoms with van der Waals surface area (Å²) in [6.07, 6.45) is 2.89. The summed E-state index contributed by atoms with van der Waals surface area (Å²) in [7, 11) is -3.72. The molecule has 2 heterocycles. The summed E-state index contributed by atoms with van der Waals surface area (Å²) in [6, 6.07) is 9.45. The third-order valence-electron chi connectivity index (χ3n) is 6.03. The van der Waals surface area contributed by atoms with Crippen molar-refractivity contribution in [2.75, 3.05) is 21.7 Å². The number of nitrogens with zero attached hydrogens (tertiary/aromatic N) is 2. The van der Waals surface area contributed by atoms with Crippen LogP contribution in [0.25, 0.3) is 0 Å². The number of anilines is 5. The molecule has 0 spiro atoms. The van der Waals surface area contributed by atoms with E-state index in [9.17, 15) is 17.6 Å². The molecular formula is C25H27ClFN5O3S. The van der Waals surface area contributed by atoms with Gasteiger partial charge in [0.05, 0.1) is 22.5 Å². The predicted molar refractivity (Wildman–Crippen MR) is 140 cm³/mol. The van der Waals surface area contributed by atoms with Crippen molar-refractivity contribution in [3.63, 3.8) is 0 Å².